The summed E-state index contributed by atoms with van der Waals surface area (Å²) in [5.74, 6) is 0. The van der Waals surface area contributed by atoms with Crippen LogP contribution in [0.2, 0.25) is 0 Å². The normalized spacial score (nSPS) is 14.9. The molecule has 0 fully saturated rings. The van der Waals surface area contributed by atoms with Crippen molar-refractivity contribution in [2.24, 2.45) is 0 Å². The van der Waals surface area contributed by atoms with E-state index in [1.807, 2.05) is 15.4 Å². The number of aryl methyl sites for hydroxylation is 2. The number of nitrogens with zero attached hydrogens (tertiary/aromatic N) is 6. The Morgan fingerprint density at radius 2 is 2.19 bits per heavy atom. The van der Waals surface area contributed by atoms with Crippen LogP contribution in [0.1, 0.15) is 36.0 Å². The highest BCUT2D eigenvalue weighted by Crippen LogP contribution is 2.17. The van der Waals surface area contributed by atoms with E-state index in [0.717, 1.165) is 50.5 Å². The highest BCUT2D eigenvalue weighted by atomic mass is 15.3. The Kier molecular flexibility index (Phi) is 3.76. The van der Waals surface area contributed by atoms with Gasteiger partial charge in [0.1, 0.15) is 6.07 Å². The van der Waals surface area contributed by atoms with Crippen LogP contribution >= 0.6 is 0 Å². The van der Waals surface area contributed by atoms with Gasteiger partial charge in [0, 0.05) is 37.9 Å². The largest absolute Gasteiger partial charge is 0.291 e. The summed E-state index contributed by atoms with van der Waals surface area (Å²) in [6.45, 7) is 8.75. The predicted octanol–water partition coefficient (Wildman–Crippen LogP) is 1.69. The molecule has 6 heteroatoms. The summed E-state index contributed by atoms with van der Waals surface area (Å²) < 4.78 is 3.98. The van der Waals surface area contributed by atoms with E-state index in [2.05, 4.69) is 41.2 Å². The fraction of sp³-hybridized carbons (Fsp3) is 0.533. The topological polar surface area (TPSA) is 62.7 Å². The summed E-state index contributed by atoms with van der Waals surface area (Å²) >= 11 is 0. The minimum Gasteiger partial charge on any atom is -0.291 e. The van der Waals surface area contributed by atoms with Crippen LogP contribution in [0.3, 0.4) is 0 Å². The molecule has 21 heavy (non-hydrogen) atoms. The third kappa shape index (κ3) is 2.83. The van der Waals surface area contributed by atoms with Gasteiger partial charge in [0.25, 0.3) is 0 Å². The molecule has 0 atom stereocenters. The number of hydrogen-bond donors (Lipinski definition) is 0. The lowest BCUT2D eigenvalue weighted by Gasteiger charge is -2.27. The van der Waals surface area contributed by atoms with Crippen molar-refractivity contribution in [1.82, 2.24) is 24.5 Å². The number of rotatable bonds is 4. The van der Waals surface area contributed by atoms with Crippen molar-refractivity contribution in [2.75, 3.05) is 6.54 Å². The van der Waals surface area contributed by atoms with Gasteiger partial charge in [-0.1, -0.05) is 6.92 Å². The highest BCUT2D eigenvalue weighted by molar-refractivity contribution is 5.23. The fourth-order valence-electron chi connectivity index (χ4n) is 2.81. The standard InChI is InChI=1S/C15H20N6/c1-3-4-20-10-13(12(2)17-20)9-19-5-6-21-15(11-19)7-14(8-16)18-21/h7,10H,3-6,9,11H2,1-2H3. The SMILES string of the molecule is CCCn1cc(CN2CCn3nc(C#N)cc3C2)c(C)n1. The molecule has 0 aromatic carbocycles. The van der Waals surface area contributed by atoms with Crippen LogP contribution in [0.4, 0.5) is 0 Å². The molecule has 1 aliphatic heterocycles. The molecule has 0 amide bonds. The van der Waals surface area contributed by atoms with Crippen molar-refractivity contribution >= 4 is 0 Å². The molecule has 1 aliphatic rings. The Morgan fingerprint density at radius 1 is 1.33 bits per heavy atom. The van der Waals surface area contributed by atoms with Crippen molar-refractivity contribution < 1.29 is 0 Å². The smallest absolute Gasteiger partial charge is 0.162 e. The average molecular weight is 284 g/mol. The average Bonchev–Trinajstić information content (AvgIpc) is 3.03. The van der Waals surface area contributed by atoms with Gasteiger partial charge in [-0.05, 0) is 19.4 Å². The summed E-state index contributed by atoms with van der Waals surface area (Å²) in [5.41, 5.74) is 4.03. The molecule has 2 aromatic rings. The molecule has 0 unspecified atom stereocenters. The maximum absolute atomic E-state index is 8.93. The van der Waals surface area contributed by atoms with Gasteiger partial charge in [-0.15, -0.1) is 0 Å². The second-order valence-corrected chi connectivity index (χ2v) is 5.57. The Balaban J connectivity index is 1.71. The molecular formula is C15H20N6. The van der Waals surface area contributed by atoms with E-state index in [0.29, 0.717) is 5.69 Å². The first-order valence-corrected chi connectivity index (χ1v) is 7.41. The summed E-state index contributed by atoms with van der Waals surface area (Å²) in [4.78, 5) is 2.39. The second kappa shape index (κ2) is 5.70. The number of fused-ring (bicyclic) bond motifs is 1. The van der Waals surface area contributed by atoms with Gasteiger partial charge in [-0.25, -0.2) is 0 Å². The van der Waals surface area contributed by atoms with Crippen LogP contribution in [-0.2, 0) is 26.2 Å². The molecule has 2 aromatic heterocycles. The Morgan fingerprint density at radius 3 is 2.95 bits per heavy atom. The first-order valence-electron chi connectivity index (χ1n) is 7.41. The first-order chi connectivity index (χ1) is 10.2. The van der Waals surface area contributed by atoms with Crippen molar-refractivity contribution in [2.45, 2.75) is 46.4 Å². The monoisotopic (exact) mass is 284 g/mol. The van der Waals surface area contributed by atoms with E-state index >= 15 is 0 Å². The third-order valence-electron chi connectivity index (χ3n) is 3.89. The molecule has 0 saturated carbocycles. The Bertz CT molecular complexity index is 675. The van der Waals surface area contributed by atoms with Crippen molar-refractivity contribution in [3.8, 4) is 6.07 Å². The van der Waals surface area contributed by atoms with Crippen LogP contribution in [0.15, 0.2) is 12.3 Å². The zero-order chi connectivity index (χ0) is 14.8. The lowest BCUT2D eigenvalue weighted by molar-refractivity contribution is 0.205. The fourth-order valence-corrected chi connectivity index (χ4v) is 2.81. The maximum Gasteiger partial charge on any atom is 0.162 e. The minimum absolute atomic E-state index is 0.513. The first kappa shape index (κ1) is 13.8. The summed E-state index contributed by atoms with van der Waals surface area (Å²) in [5, 5.41) is 17.8. The summed E-state index contributed by atoms with van der Waals surface area (Å²) in [6.07, 6.45) is 3.26. The molecule has 0 radical (unpaired) electrons. The molecule has 3 heterocycles. The maximum atomic E-state index is 8.93. The zero-order valence-electron chi connectivity index (χ0n) is 12.6. The molecule has 0 spiro atoms. The summed E-state index contributed by atoms with van der Waals surface area (Å²) in [7, 11) is 0. The molecular weight excluding hydrogens is 264 g/mol. The molecule has 0 N–H and O–H groups in total. The van der Waals surface area contributed by atoms with E-state index in [4.69, 9.17) is 5.26 Å². The van der Waals surface area contributed by atoms with Gasteiger partial charge in [0.2, 0.25) is 0 Å². The lowest BCUT2D eigenvalue weighted by Crippen LogP contribution is -2.33. The highest BCUT2D eigenvalue weighted by Gasteiger charge is 2.19. The van der Waals surface area contributed by atoms with Crippen LogP contribution in [-0.4, -0.2) is 31.0 Å². The molecule has 0 saturated heterocycles. The number of hydrogen-bond acceptors (Lipinski definition) is 4. The van der Waals surface area contributed by atoms with Gasteiger partial charge >= 0.3 is 0 Å². The van der Waals surface area contributed by atoms with E-state index in [1.165, 1.54) is 5.56 Å². The van der Waals surface area contributed by atoms with Crippen molar-refractivity contribution in [3.63, 3.8) is 0 Å². The van der Waals surface area contributed by atoms with Crippen molar-refractivity contribution in [3.05, 3.63) is 34.9 Å². The molecule has 110 valence electrons. The van der Waals surface area contributed by atoms with E-state index in [9.17, 15) is 0 Å². The minimum atomic E-state index is 0.513. The molecule has 0 bridgehead atoms. The van der Waals surface area contributed by atoms with Gasteiger partial charge in [0.05, 0.1) is 17.9 Å². The van der Waals surface area contributed by atoms with Crippen LogP contribution in [0.25, 0.3) is 0 Å². The third-order valence-corrected chi connectivity index (χ3v) is 3.89. The number of aromatic nitrogens is 4. The van der Waals surface area contributed by atoms with E-state index < -0.39 is 0 Å². The molecule has 0 aliphatic carbocycles. The Labute approximate surface area is 124 Å². The van der Waals surface area contributed by atoms with Gasteiger partial charge < -0.3 is 0 Å². The van der Waals surface area contributed by atoms with Crippen LogP contribution < -0.4 is 0 Å². The number of nitriles is 1. The van der Waals surface area contributed by atoms with Crippen molar-refractivity contribution in [1.29, 1.82) is 5.26 Å². The summed E-state index contributed by atoms with van der Waals surface area (Å²) in [6, 6.07) is 4.00. The Hall–Kier alpha value is -2.13. The molecule has 3 rings (SSSR count). The van der Waals surface area contributed by atoms with Crippen LogP contribution in [0.5, 0.6) is 0 Å². The quantitative estimate of drug-likeness (QED) is 0.857. The predicted molar refractivity (Wildman–Crippen MR) is 78.3 cm³/mol. The second-order valence-electron chi connectivity index (χ2n) is 5.57. The van der Waals surface area contributed by atoms with Crippen LogP contribution in [0, 0.1) is 18.3 Å². The lowest BCUT2D eigenvalue weighted by atomic mass is 10.2. The van der Waals surface area contributed by atoms with Gasteiger partial charge in [-0.3, -0.25) is 14.3 Å². The zero-order valence-corrected chi connectivity index (χ0v) is 12.6. The van der Waals surface area contributed by atoms with Gasteiger partial charge in [0.15, 0.2) is 5.69 Å². The molecule has 6 nitrogen and oxygen atoms in total. The van der Waals surface area contributed by atoms with E-state index in [1.54, 1.807) is 0 Å². The van der Waals surface area contributed by atoms with Gasteiger partial charge in [-0.2, -0.15) is 15.5 Å². The van der Waals surface area contributed by atoms with E-state index in [-0.39, 0.29) is 0 Å².